The summed E-state index contributed by atoms with van der Waals surface area (Å²) in [5.74, 6) is 1.22. The summed E-state index contributed by atoms with van der Waals surface area (Å²) in [5.41, 5.74) is 0. The first-order valence-corrected chi connectivity index (χ1v) is 6.21. The van der Waals surface area contributed by atoms with Gasteiger partial charge < -0.3 is 10.1 Å². The molecule has 6 heteroatoms. The lowest BCUT2D eigenvalue weighted by Gasteiger charge is -2.06. The van der Waals surface area contributed by atoms with Crippen LogP contribution >= 0.6 is 15.9 Å². The largest absolute Gasteiger partial charge is 0.493 e. The molecule has 1 aromatic heterocycles. The van der Waals surface area contributed by atoms with Crippen LogP contribution in [0.5, 0.6) is 5.75 Å². The molecule has 2 rings (SSSR count). The number of hydrogen-bond donors (Lipinski definition) is 2. The molecule has 1 heterocycles. The van der Waals surface area contributed by atoms with Crippen LogP contribution < -0.4 is 10.1 Å². The third-order valence-electron chi connectivity index (χ3n) is 2.19. The van der Waals surface area contributed by atoms with Gasteiger partial charge in [-0.2, -0.15) is 5.10 Å². The van der Waals surface area contributed by atoms with Gasteiger partial charge in [-0.1, -0.05) is 15.9 Å². The Morgan fingerprint density at radius 3 is 2.78 bits per heavy atom. The Kier molecular flexibility index (Phi) is 4.35. The van der Waals surface area contributed by atoms with Gasteiger partial charge >= 0.3 is 0 Å². The van der Waals surface area contributed by atoms with E-state index in [1.54, 1.807) is 12.3 Å². The maximum Gasteiger partial charge on any atom is 0.228 e. The van der Waals surface area contributed by atoms with Crippen molar-refractivity contribution in [2.45, 2.75) is 6.42 Å². The fourth-order valence-corrected chi connectivity index (χ4v) is 1.59. The highest BCUT2D eigenvalue weighted by molar-refractivity contribution is 9.10. The summed E-state index contributed by atoms with van der Waals surface area (Å²) in [5, 5.41) is 9.06. The zero-order chi connectivity index (χ0) is 12.8. The van der Waals surface area contributed by atoms with Gasteiger partial charge in [0, 0.05) is 10.5 Å². The average molecular weight is 310 g/mol. The molecular formula is C12H12BrN3O2. The predicted molar refractivity (Wildman–Crippen MR) is 71.5 cm³/mol. The number of benzene rings is 1. The molecule has 2 N–H and O–H groups in total. The fraction of sp³-hybridized carbons (Fsp3) is 0.167. The van der Waals surface area contributed by atoms with E-state index in [0.29, 0.717) is 12.4 Å². The topological polar surface area (TPSA) is 67.0 Å². The van der Waals surface area contributed by atoms with Gasteiger partial charge in [0.25, 0.3) is 0 Å². The molecule has 0 aliphatic carbocycles. The van der Waals surface area contributed by atoms with Crippen LogP contribution in [0.3, 0.4) is 0 Å². The molecule has 0 aliphatic rings. The summed E-state index contributed by atoms with van der Waals surface area (Å²) in [6.45, 7) is 0.335. The number of nitrogens with one attached hydrogen (secondary N) is 2. The van der Waals surface area contributed by atoms with E-state index >= 15 is 0 Å². The Balaban J connectivity index is 1.72. The summed E-state index contributed by atoms with van der Waals surface area (Å²) >= 11 is 3.34. The van der Waals surface area contributed by atoms with E-state index in [9.17, 15) is 4.79 Å². The summed E-state index contributed by atoms with van der Waals surface area (Å²) in [4.78, 5) is 11.5. The first kappa shape index (κ1) is 12.6. The first-order chi connectivity index (χ1) is 8.74. The molecule has 0 spiro atoms. The molecule has 0 saturated carbocycles. The number of aromatic amines is 1. The number of ether oxygens (including phenoxy) is 1. The summed E-state index contributed by atoms with van der Waals surface area (Å²) in [6.07, 6.45) is 1.86. The van der Waals surface area contributed by atoms with Crippen molar-refractivity contribution >= 4 is 27.7 Å². The lowest BCUT2D eigenvalue weighted by atomic mass is 10.3. The van der Waals surface area contributed by atoms with Gasteiger partial charge in [0.05, 0.1) is 19.2 Å². The highest BCUT2D eigenvalue weighted by Crippen LogP contribution is 2.16. The molecule has 0 aliphatic heterocycles. The summed E-state index contributed by atoms with van der Waals surface area (Å²) < 4.78 is 6.44. The maximum atomic E-state index is 11.5. The van der Waals surface area contributed by atoms with Crippen LogP contribution in [0, 0.1) is 0 Å². The normalized spacial score (nSPS) is 10.1. The molecule has 2 aromatic rings. The molecule has 94 valence electrons. The van der Waals surface area contributed by atoms with Crippen molar-refractivity contribution in [3.8, 4) is 5.75 Å². The molecule has 18 heavy (non-hydrogen) atoms. The molecule has 0 bridgehead atoms. The predicted octanol–water partition coefficient (Wildman–Crippen LogP) is 2.58. The molecule has 0 atom stereocenters. The van der Waals surface area contributed by atoms with Gasteiger partial charge in [-0.3, -0.25) is 9.89 Å². The fourth-order valence-electron chi connectivity index (χ4n) is 1.33. The third-order valence-corrected chi connectivity index (χ3v) is 2.71. The number of H-pyrrole nitrogens is 1. The standard InChI is InChI=1S/C12H12BrN3O2/c13-9-1-3-10(4-2-9)18-8-6-12(17)15-11-5-7-14-16-11/h1-5,7H,6,8H2,(H2,14,15,16,17). The molecule has 1 amide bonds. The van der Waals surface area contributed by atoms with Crippen molar-refractivity contribution in [1.29, 1.82) is 0 Å². The number of anilines is 1. The second-order valence-electron chi connectivity index (χ2n) is 3.57. The lowest BCUT2D eigenvalue weighted by molar-refractivity contribution is -0.116. The lowest BCUT2D eigenvalue weighted by Crippen LogP contribution is -2.15. The molecule has 0 radical (unpaired) electrons. The van der Waals surface area contributed by atoms with E-state index in [0.717, 1.165) is 10.2 Å². The van der Waals surface area contributed by atoms with E-state index in [4.69, 9.17) is 4.74 Å². The van der Waals surface area contributed by atoms with Gasteiger partial charge in [0.15, 0.2) is 0 Å². The van der Waals surface area contributed by atoms with Gasteiger partial charge in [-0.25, -0.2) is 0 Å². The summed E-state index contributed by atoms with van der Waals surface area (Å²) in [7, 11) is 0. The van der Waals surface area contributed by atoms with Crippen molar-refractivity contribution in [2.24, 2.45) is 0 Å². The molecule has 0 saturated heterocycles. The number of amides is 1. The van der Waals surface area contributed by atoms with E-state index in [1.807, 2.05) is 24.3 Å². The van der Waals surface area contributed by atoms with Crippen molar-refractivity contribution < 1.29 is 9.53 Å². The van der Waals surface area contributed by atoms with Gasteiger partial charge in [-0.05, 0) is 24.3 Å². The number of nitrogens with zero attached hydrogens (tertiary/aromatic N) is 1. The second kappa shape index (κ2) is 6.20. The van der Waals surface area contributed by atoms with Crippen LogP contribution in [-0.4, -0.2) is 22.7 Å². The highest BCUT2D eigenvalue weighted by atomic mass is 79.9. The van der Waals surface area contributed by atoms with Crippen molar-refractivity contribution in [3.05, 3.63) is 41.0 Å². The Morgan fingerprint density at radius 2 is 2.11 bits per heavy atom. The van der Waals surface area contributed by atoms with Crippen molar-refractivity contribution in [1.82, 2.24) is 10.2 Å². The minimum Gasteiger partial charge on any atom is -0.493 e. The summed E-state index contributed by atoms with van der Waals surface area (Å²) in [6, 6.07) is 9.15. The van der Waals surface area contributed by atoms with Crippen LogP contribution in [0.15, 0.2) is 41.0 Å². The molecule has 5 nitrogen and oxygen atoms in total. The van der Waals surface area contributed by atoms with Crippen LogP contribution in [0.4, 0.5) is 5.82 Å². The number of hydrogen-bond acceptors (Lipinski definition) is 3. The average Bonchev–Trinajstić information content (AvgIpc) is 2.84. The van der Waals surface area contributed by atoms with Crippen LogP contribution in [0.25, 0.3) is 0 Å². The molecule has 1 aromatic carbocycles. The monoisotopic (exact) mass is 309 g/mol. The quantitative estimate of drug-likeness (QED) is 0.892. The number of halogens is 1. The Bertz CT molecular complexity index is 497. The van der Waals surface area contributed by atoms with Gasteiger partial charge in [0.2, 0.25) is 5.91 Å². The maximum absolute atomic E-state index is 11.5. The van der Waals surface area contributed by atoms with Crippen molar-refractivity contribution in [3.63, 3.8) is 0 Å². The van der Waals surface area contributed by atoms with E-state index in [2.05, 4.69) is 31.4 Å². The Labute approximate surface area is 113 Å². The van der Waals surface area contributed by atoms with Crippen LogP contribution in [0.1, 0.15) is 6.42 Å². The molecular weight excluding hydrogens is 298 g/mol. The van der Waals surface area contributed by atoms with Crippen LogP contribution in [0.2, 0.25) is 0 Å². The Hall–Kier alpha value is -1.82. The second-order valence-corrected chi connectivity index (χ2v) is 4.49. The zero-order valence-corrected chi connectivity index (χ0v) is 11.1. The molecule has 0 unspecified atom stereocenters. The van der Waals surface area contributed by atoms with E-state index in [-0.39, 0.29) is 12.3 Å². The smallest absolute Gasteiger partial charge is 0.228 e. The number of carbonyl (C=O) groups excluding carboxylic acids is 1. The van der Waals surface area contributed by atoms with E-state index in [1.165, 1.54) is 0 Å². The minimum absolute atomic E-state index is 0.114. The van der Waals surface area contributed by atoms with E-state index < -0.39 is 0 Å². The van der Waals surface area contributed by atoms with Gasteiger partial charge in [0.1, 0.15) is 11.6 Å². The number of aromatic nitrogens is 2. The Morgan fingerprint density at radius 1 is 1.33 bits per heavy atom. The minimum atomic E-state index is -0.114. The SMILES string of the molecule is O=C(CCOc1ccc(Br)cc1)Nc1ccn[nH]1. The van der Waals surface area contributed by atoms with Crippen molar-refractivity contribution in [2.75, 3.05) is 11.9 Å². The highest BCUT2D eigenvalue weighted by Gasteiger charge is 2.03. The van der Waals surface area contributed by atoms with Crippen LogP contribution in [-0.2, 0) is 4.79 Å². The first-order valence-electron chi connectivity index (χ1n) is 5.41. The van der Waals surface area contributed by atoms with Gasteiger partial charge in [-0.15, -0.1) is 0 Å². The number of carbonyl (C=O) groups is 1. The number of rotatable bonds is 5. The molecule has 0 fully saturated rings. The zero-order valence-electron chi connectivity index (χ0n) is 9.52. The third kappa shape index (κ3) is 3.89.